The molecule has 4 heteroatoms. The first kappa shape index (κ1) is 12.6. The van der Waals surface area contributed by atoms with E-state index in [0.29, 0.717) is 0 Å². The Morgan fingerprint density at radius 1 is 1.22 bits per heavy atom. The lowest BCUT2D eigenvalue weighted by molar-refractivity contribution is 0.553. The summed E-state index contributed by atoms with van der Waals surface area (Å²) in [4.78, 5) is 13.0. The Morgan fingerprint density at radius 2 is 2.06 bits per heavy atom. The van der Waals surface area contributed by atoms with E-state index in [9.17, 15) is 0 Å². The average molecular weight is 242 g/mol. The largest absolute Gasteiger partial charge is 0.303 e. The van der Waals surface area contributed by atoms with Crippen molar-refractivity contribution in [2.45, 2.75) is 33.4 Å². The lowest BCUT2D eigenvalue weighted by Gasteiger charge is -2.13. The van der Waals surface area contributed by atoms with E-state index < -0.39 is 0 Å². The Bertz CT molecular complexity index is 490. The predicted octanol–water partition coefficient (Wildman–Crippen LogP) is 2.34. The number of nitrogens with one attached hydrogen (secondary N) is 1. The van der Waals surface area contributed by atoms with Crippen LogP contribution in [-0.2, 0) is 6.54 Å². The van der Waals surface area contributed by atoms with Crippen molar-refractivity contribution in [1.29, 1.82) is 0 Å². The minimum atomic E-state index is 0.210. The highest BCUT2D eigenvalue weighted by Gasteiger charge is 2.06. The maximum atomic E-state index is 4.41. The van der Waals surface area contributed by atoms with Gasteiger partial charge in [-0.3, -0.25) is 4.98 Å². The molecule has 0 amide bonds. The van der Waals surface area contributed by atoms with E-state index in [1.54, 1.807) is 0 Å². The highest BCUT2D eigenvalue weighted by atomic mass is 15.0. The highest BCUT2D eigenvalue weighted by molar-refractivity contribution is 5.11. The Kier molecular flexibility index (Phi) is 3.99. The van der Waals surface area contributed by atoms with E-state index in [2.05, 4.69) is 27.2 Å². The topological polar surface area (TPSA) is 50.7 Å². The van der Waals surface area contributed by atoms with Crippen molar-refractivity contribution in [1.82, 2.24) is 20.3 Å². The zero-order chi connectivity index (χ0) is 13.0. The quantitative estimate of drug-likeness (QED) is 0.894. The number of aromatic nitrogens is 3. The Hall–Kier alpha value is -1.81. The van der Waals surface area contributed by atoms with Crippen LogP contribution < -0.4 is 5.32 Å². The van der Waals surface area contributed by atoms with Crippen LogP contribution in [0.4, 0.5) is 0 Å². The first-order valence-electron chi connectivity index (χ1n) is 6.10. The van der Waals surface area contributed by atoms with Gasteiger partial charge in [-0.05, 0) is 39.0 Å². The lowest BCUT2D eigenvalue weighted by Crippen LogP contribution is -2.20. The summed E-state index contributed by atoms with van der Waals surface area (Å²) < 4.78 is 0. The van der Waals surface area contributed by atoms with Gasteiger partial charge in [-0.2, -0.15) is 0 Å². The summed E-state index contributed by atoms with van der Waals surface area (Å²) in [7, 11) is 0. The lowest BCUT2D eigenvalue weighted by atomic mass is 10.2. The van der Waals surface area contributed by atoms with E-state index in [1.807, 2.05) is 44.3 Å². The number of pyridine rings is 1. The minimum absolute atomic E-state index is 0.210. The van der Waals surface area contributed by atoms with Gasteiger partial charge in [-0.1, -0.05) is 6.07 Å². The molecular formula is C14H18N4. The van der Waals surface area contributed by atoms with Crippen molar-refractivity contribution in [2.24, 2.45) is 0 Å². The minimum Gasteiger partial charge on any atom is -0.303 e. The molecule has 0 aliphatic carbocycles. The van der Waals surface area contributed by atoms with Crippen LogP contribution in [0.2, 0.25) is 0 Å². The molecule has 0 aliphatic heterocycles. The zero-order valence-electron chi connectivity index (χ0n) is 11.0. The average Bonchev–Trinajstić information content (AvgIpc) is 2.36. The molecule has 2 aromatic rings. The monoisotopic (exact) mass is 242 g/mol. The van der Waals surface area contributed by atoms with Gasteiger partial charge in [0.2, 0.25) is 0 Å². The highest BCUT2D eigenvalue weighted by Crippen LogP contribution is 2.09. The third-order valence-electron chi connectivity index (χ3n) is 2.74. The van der Waals surface area contributed by atoms with Crippen molar-refractivity contribution in [3.8, 4) is 0 Å². The van der Waals surface area contributed by atoms with Crippen LogP contribution in [0, 0.1) is 13.8 Å². The van der Waals surface area contributed by atoms with Gasteiger partial charge in [0.05, 0.1) is 11.4 Å². The van der Waals surface area contributed by atoms with Gasteiger partial charge in [0.25, 0.3) is 0 Å². The normalized spacial score (nSPS) is 12.4. The predicted molar refractivity (Wildman–Crippen MR) is 71.0 cm³/mol. The van der Waals surface area contributed by atoms with Gasteiger partial charge in [0, 0.05) is 24.5 Å². The molecule has 0 aromatic carbocycles. The van der Waals surface area contributed by atoms with Crippen LogP contribution in [0.15, 0.2) is 30.5 Å². The smallest absolute Gasteiger partial charge is 0.125 e. The molecule has 2 rings (SSSR count). The summed E-state index contributed by atoms with van der Waals surface area (Å²) in [5.74, 6) is 0.817. The van der Waals surface area contributed by atoms with E-state index in [1.165, 1.54) is 0 Å². The molecule has 0 fully saturated rings. The van der Waals surface area contributed by atoms with Crippen LogP contribution >= 0.6 is 0 Å². The van der Waals surface area contributed by atoms with Crippen molar-refractivity contribution >= 4 is 0 Å². The van der Waals surface area contributed by atoms with Crippen molar-refractivity contribution in [2.75, 3.05) is 0 Å². The summed E-state index contributed by atoms with van der Waals surface area (Å²) in [6, 6.07) is 8.16. The second-order valence-electron chi connectivity index (χ2n) is 4.41. The SMILES string of the molecule is Cc1cc(CN[C@@H](C)c2ccccn2)nc(C)n1. The number of aryl methyl sites for hydroxylation is 2. The van der Waals surface area contributed by atoms with Gasteiger partial charge in [-0.15, -0.1) is 0 Å². The molecule has 0 unspecified atom stereocenters. The molecule has 4 nitrogen and oxygen atoms in total. The van der Waals surface area contributed by atoms with Crippen molar-refractivity contribution in [3.63, 3.8) is 0 Å². The van der Waals surface area contributed by atoms with Crippen LogP contribution in [0.3, 0.4) is 0 Å². The Morgan fingerprint density at radius 3 is 2.72 bits per heavy atom. The molecule has 2 heterocycles. The van der Waals surface area contributed by atoms with Gasteiger partial charge >= 0.3 is 0 Å². The molecule has 0 aliphatic rings. The third-order valence-corrected chi connectivity index (χ3v) is 2.74. The molecule has 0 radical (unpaired) electrons. The second kappa shape index (κ2) is 5.69. The maximum Gasteiger partial charge on any atom is 0.125 e. The summed E-state index contributed by atoms with van der Waals surface area (Å²) in [5, 5.41) is 3.42. The Labute approximate surface area is 108 Å². The number of nitrogens with zero attached hydrogens (tertiary/aromatic N) is 3. The van der Waals surface area contributed by atoms with Crippen LogP contribution in [0.5, 0.6) is 0 Å². The standard InChI is InChI=1S/C14H18N4/c1-10-8-13(18-12(3)17-10)9-16-11(2)14-6-4-5-7-15-14/h4-8,11,16H,9H2,1-3H3/t11-/m0/s1. The number of hydrogen-bond acceptors (Lipinski definition) is 4. The molecule has 1 atom stereocenters. The fourth-order valence-electron chi connectivity index (χ4n) is 1.88. The van der Waals surface area contributed by atoms with E-state index >= 15 is 0 Å². The van der Waals surface area contributed by atoms with E-state index in [0.717, 1.165) is 29.5 Å². The van der Waals surface area contributed by atoms with Gasteiger partial charge in [0.1, 0.15) is 5.82 Å². The van der Waals surface area contributed by atoms with E-state index in [4.69, 9.17) is 0 Å². The fraction of sp³-hybridized carbons (Fsp3) is 0.357. The maximum absolute atomic E-state index is 4.41. The van der Waals surface area contributed by atoms with Crippen molar-refractivity contribution < 1.29 is 0 Å². The van der Waals surface area contributed by atoms with E-state index in [-0.39, 0.29) is 6.04 Å². The Balaban J connectivity index is 1.99. The number of hydrogen-bond donors (Lipinski definition) is 1. The summed E-state index contributed by atoms with van der Waals surface area (Å²) in [6.45, 7) is 6.73. The van der Waals surface area contributed by atoms with Gasteiger partial charge in [0.15, 0.2) is 0 Å². The molecule has 1 N–H and O–H groups in total. The third kappa shape index (κ3) is 3.34. The molecule has 0 saturated heterocycles. The zero-order valence-corrected chi connectivity index (χ0v) is 11.0. The fourth-order valence-corrected chi connectivity index (χ4v) is 1.88. The second-order valence-corrected chi connectivity index (χ2v) is 4.41. The van der Waals surface area contributed by atoms with Crippen LogP contribution in [-0.4, -0.2) is 15.0 Å². The van der Waals surface area contributed by atoms with Crippen LogP contribution in [0.1, 0.15) is 35.9 Å². The summed E-state index contributed by atoms with van der Waals surface area (Å²) >= 11 is 0. The molecule has 0 saturated carbocycles. The van der Waals surface area contributed by atoms with Gasteiger partial charge < -0.3 is 5.32 Å². The summed E-state index contributed by atoms with van der Waals surface area (Å²) in [6.07, 6.45) is 1.81. The summed E-state index contributed by atoms with van der Waals surface area (Å²) in [5.41, 5.74) is 3.06. The van der Waals surface area contributed by atoms with Crippen LogP contribution in [0.25, 0.3) is 0 Å². The number of rotatable bonds is 4. The first-order chi connectivity index (χ1) is 8.65. The van der Waals surface area contributed by atoms with Crippen molar-refractivity contribution in [3.05, 3.63) is 53.4 Å². The molecule has 94 valence electrons. The molecule has 18 heavy (non-hydrogen) atoms. The molecular weight excluding hydrogens is 224 g/mol. The molecule has 0 spiro atoms. The molecule has 2 aromatic heterocycles. The molecule has 0 bridgehead atoms. The van der Waals surface area contributed by atoms with Gasteiger partial charge in [-0.25, -0.2) is 9.97 Å². The first-order valence-corrected chi connectivity index (χ1v) is 6.10.